The highest BCUT2D eigenvalue weighted by Crippen LogP contribution is 2.25. The second-order valence-electron chi connectivity index (χ2n) is 9.14. The molecule has 0 spiro atoms. The average Bonchev–Trinajstić information content (AvgIpc) is 3.25. The van der Waals surface area contributed by atoms with Gasteiger partial charge in [0.15, 0.2) is 16.3 Å². The monoisotopic (exact) mass is 540 g/mol. The molecule has 0 atom stereocenters. The second kappa shape index (κ2) is 10.6. The number of nitrogens with one attached hydrogen (secondary N) is 1. The molecular weight excluding hydrogens is 512 g/mol. The molecule has 0 unspecified atom stereocenters. The summed E-state index contributed by atoms with van der Waals surface area (Å²) in [5.41, 5.74) is 2.91. The Morgan fingerprint density at radius 2 is 1.70 bits per heavy atom. The lowest BCUT2D eigenvalue weighted by molar-refractivity contribution is 0.610. The number of halogens is 1. The summed E-state index contributed by atoms with van der Waals surface area (Å²) in [6, 6.07) is 9.81. The Morgan fingerprint density at radius 3 is 2.41 bits per heavy atom. The predicted octanol–water partition coefficient (Wildman–Crippen LogP) is 2.99. The lowest BCUT2D eigenvalue weighted by atomic mass is 10.2. The van der Waals surface area contributed by atoms with E-state index >= 15 is 0 Å². The molecule has 4 heterocycles. The van der Waals surface area contributed by atoms with Crippen LogP contribution in [0, 0.1) is 13.8 Å². The van der Waals surface area contributed by atoms with Gasteiger partial charge in [0.25, 0.3) is 5.56 Å². The summed E-state index contributed by atoms with van der Waals surface area (Å²) >= 11 is 7.79. The number of rotatable bonds is 7. The Balaban J connectivity index is 1.38. The second-order valence-corrected chi connectivity index (χ2v) is 10.6. The Hall–Kier alpha value is -3.31. The number of thioether (sulfide) groups is 1. The SMILES string of the molecule is Cc1cc(C)nc(SCCCn2c(N3CCN(c4cccc(Cl)c4)CC3)nc3c2c(=O)[nH]c(=O)n3C)n1. The maximum Gasteiger partial charge on any atom is 0.329 e. The first-order chi connectivity index (χ1) is 17.8. The highest BCUT2D eigenvalue weighted by atomic mass is 35.5. The van der Waals surface area contributed by atoms with Gasteiger partial charge < -0.3 is 14.4 Å². The largest absolute Gasteiger partial charge is 0.368 e. The maximum absolute atomic E-state index is 12.9. The molecule has 1 aliphatic rings. The molecule has 0 bridgehead atoms. The fourth-order valence-electron chi connectivity index (χ4n) is 4.66. The van der Waals surface area contributed by atoms with Crippen LogP contribution in [0.15, 0.2) is 45.1 Å². The molecule has 194 valence electrons. The van der Waals surface area contributed by atoms with Gasteiger partial charge in [-0.05, 0) is 44.5 Å². The lowest BCUT2D eigenvalue weighted by Gasteiger charge is -2.36. The molecule has 3 aromatic heterocycles. The van der Waals surface area contributed by atoms with Gasteiger partial charge in [0.2, 0.25) is 5.95 Å². The Bertz CT molecular complexity index is 1530. The van der Waals surface area contributed by atoms with Crippen LogP contribution in [-0.4, -0.2) is 61.0 Å². The zero-order valence-electron chi connectivity index (χ0n) is 21.1. The van der Waals surface area contributed by atoms with E-state index in [-0.39, 0.29) is 0 Å². The van der Waals surface area contributed by atoms with E-state index < -0.39 is 11.2 Å². The average molecular weight is 541 g/mol. The topological polar surface area (TPSA) is 105 Å². The molecule has 0 saturated carbocycles. The molecule has 0 aliphatic carbocycles. The van der Waals surface area contributed by atoms with Gasteiger partial charge in [-0.25, -0.2) is 14.8 Å². The van der Waals surface area contributed by atoms with Crippen LogP contribution in [-0.2, 0) is 13.6 Å². The smallest absolute Gasteiger partial charge is 0.329 e. The van der Waals surface area contributed by atoms with E-state index in [1.165, 1.54) is 4.57 Å². The molecule has 5 rings (SSSR count). The molecule has 1 fully saturated rings. The molecule has 0 radical (unpaired) electrons. The number of nitrogens with zero attached hydrogens (tertiary/aromatic N) is 7. The van der Waals surface area contributed by atoms with E-state index in [4.69, 9.17) is 16.6 Å². The highest BCUT2D eigenvalue weighted by Gasteiger charge is 2.25. The third kappa shape index (κ3) is 5.37. The van der Waals surface area contributed by atoms with Gasteiger partial charge in [-0.1, -0.05) is 29.4 Å². The van der Waals surface area contributed by atoms with Crippen molar-refractivity contribution in [1.82, 2.24) is 29.1 Å². The molecule has 4 aromatic rings. The van der Waals surface area contributed by atoms with E-state index in [9.17, 15) is 9.59 Å². The van der Waals surface area contributed by atoms with Gasteiger partial charge in [0, 0.05) is 67.6 Å². The molecule has 12 heteroatoms. The van der Waals surface area contributed by atoms with Gasteiger partial charge in [-0.3, -0.25) is 14.3 Å². The molecule has 1 aromatic carbocycles. The Morgan fingerprint density at radius 1 is 1.00 bits per heavy atom. The number of fused-ring (bicyclic) bond motifs is 1. The number of benzene rings is 1. The number of anilines is 2. The zero-order chi connectivity index (χ0) is 26.1. The number of piperazine rings is 1. The van der Waals surface area contributed by atoms with Crippen molar-refractivity contribution in [2.24, 2.45) is 7.05 Å². The van der Waals surface area contributed by atoms with Crippen molar-refractivity contribution >= 4 is 46.2 Å². The first-order valence-electron chi connectivity index (χ1n) is 12.2. The minimum atomic E-state index is -0.470. The zero-order valence-corrected chi connectivity index (χ0v) is 22.6. The first kappa shape index (κ1) is 25.3. The van der Waals surface area contributed by atoms with Gasteiger partial charge in [0.05, 0.1) is 0 Å². The summed E-state index contributed by atoms with van der Waals surface area (Å²) in [6.07, 6.45) is 0.782. The van der Waals surface area contributed by atoms with Crippen LogP contribution in [0.3, 0.4) is 0 Å². The maximum atomic E-state index is 12.9. The van der Waals surface area contributed by atoms with Crippen molar-refractivity contribution in [2.75, 3.05) is 41.7 Å². The van der Waals surface area contributed by atoms with Gasteiger partial charge in [-0.2, -0.15) is 4.98 Å². The molecule has 10 nitrogen and oxygen atoms in total. The van der Waals surface area contributed by atoms with Crippen molar-refractivity contribution in [2.45, 2.75) is 32.0 Å². The van der Waals surface area contributed by atoms with Crippen LogP contribution in [0.25, 0.3) is 11.2 Å². The van der Waals surface area contributed by atoms with Crippen LogP contribution in [0.1, 0.15) is 17.8 Å². The minimum absolute atomic E-state index is 0.395. The molecule has 1 aliphatic heterocycles. The van der Waals surface area contributed by atoms with E-state index in [0.29, 0.717) is 28.7 Å². The van der Waals surface area contributed by atoms with Crippen molar-refractivity contribution in [1.29, 1.82) is 0 Å². The summed E-state index contributed by atoms with van der Waals surface area (Å²) in [6.45, 7) is 7.55. The fourth-order valence-corrected chi connectivity index (χ4v) is 5.72. The summed E-state index contributed by atoms with van der Waals surface area (Å²) in [4.78, 5) is 45.8. The van der Waals surface area contributed by atoms with Gasteiger partial charge >= 0.3 is 5.69 Å². The third-order valence-corrected chi connectivity index (χ3v) is 7.61. The molecule has 0 amide bonds. The Kier molecular flexibility index (Phi) is 7.25. The number of aromatic nitrogens is 6. The third-order valence-electron chi connectivity index (χ3n) is 6.44. The number of H-pyrrole nitrogens is 1. The quantitative estimate of drug-likeness (QED) is 0.217. The van der Waals surface area contributed by atoms with Crippen molar-refractivity contribution in [3.63, 3.8) is 0 Å². The van der Waals surface area contributed by atoms with E-state index in [1.54, 1.807) is 18.8 Å². The fraction of sp³-hybridized carbons (Fsp3) is 0.400. The molecule has 1 N–H and O–H groups in total. The lowest BCUT2D eigenvalue weighted by Crippen LogP contribution is -2.47. The number of aromatic amines is 1. The van der Waals surface area contributed by atoms with Crippen molar-refractivity contribution in [3.8, 4) is 0 Å². The molecule has 37 heavy (non-hydrogen) atoms. The summed E-state index contributed by atoms with van der Waals surface area (Å²) in [7, 11) is 1.63. The number of hydrogen-bond donors (Lipinski definition) is 1. The standard InChI is InChI=1S/C25H29ClN8O2S/c1-16-14-17(2)28-23(27-16)37-13-5-8-34-20-21(31(3)25(36)30-22(20)35)29-24(34)33-11-9-32(10-12-33)19-7-4-6-18(26)15-19/h4,6-7,14-15H,5,8-13H2,1-3H3,(H,30,35,36). The number of aryl methyl sites for hydroxylation is 4. The van der Waals surface area contributed by atoms with Crippen LogP contribution < -0.4 is 21.0 Å². The van der Waals surface area contributed by atoms with E-state index in [0.717, 1.165) is 60.6 Å². The van der Waals surface area contributed by atoms with Crippen LogP contribution in [0.4, 0.5) is 11.6 Å². The van der Waals surface area contributed by atoms with Crippen molar-refractivity contribution in [3.05, 3.63) is 67.6 Å². The molecular formula is C25H29ClN8O2S. The van der Waals surface area contributed by atoms with Crippen LogP contribution >= 0.6 is 23.4 Å². The highest BCUT2D eigenvalue weighted by molar-refractivity contribution is 7.99. The van der Waals surface area contributed by atoms with Gasteiger partial charge in [-0.15, -0.1) is 0 Å². The minimum Gasteiger partial charge on any atom is -0.368 e. The molecule has 1 saturated heterocycles. The summed E-state index contributed by atoms with van der Waals surface area (Å²) in [5.74, 6) is 1.49. The normalized spacial score (nSPS) is 14.1. The predicted molar refractivity (Wildman–Crippen MR) is 148 cm³/mol. The van der Waals surface area contributed by atoms with Gasteiger partial charge in [0.1, 0.15) is 0 Å². The van der Waals surface area contributed by atoms with Crippen molar-refractivity contribution < 1.29 is 0 Å². The van der Waals surface area contributed by atoms with Crippen LogP contribution in [0.2, 0.25) is 5.02 Å². The summed E-state index contributed by atoms with van der Waals surface area (Å²) in [5, 5.41) is 1.47. The number of hydrogen-bond acceptors (Lipinski definition) is 8. The van der Waals surface area contributed by atoms with Crippen LogP contribution in [0.5, 0.6) is 0 Å². The summed E-state index contributed by atoms with van der Waals surface area (Å²) < 4.78 is 3.35. The van der Waals surface area contributed by atoms with E-state index in [1.807, 2.05) is 42.7 Å². The first-order valence-corrected chi connectivity index (χ1v) is 13.6. The number of imidazole rings is 1. The van der Waals surface area contributed by atoms with E-state index in [2.05, 4.69) is 30.8 Å². The Labute approximate surface area is 223 Å².